The summed E-state index contributed by atoms with van der Waals surface area (Å²) in [6, 6.07) is -0.730. The number of nitrogens with zero attached hydrogens (tertiary/aromatic N) is 2. The lowest BCUT2D eigenvalue weighted by Crippen LogP contribution is -2.46. The van der Waals surface area contributed by atoms with E-state index in [0.717, 1.165) is 4.90 Å². The molecule has 0 aliphatic carbocycles. The lowest BCUT2D eigenvalue weighted by molar-refractivity contribution is -0.147. The van der Waals surface area contributed by atoms with Crippen LogP contribution in [-0.4, -0.2) is 41.3 Å². The molecule has 0 saturated heterocycles. The van der Waals surface area contributed by atoms with Crippen LogP contribution in [0.1, 0.15) is 13.8 Å². The monoisotopic (exact) mass is 213 g/mol. The first-order chi connectivity index (χ1) is 6.31. The molecule has 0 aromatic heterocycles. The van der Waals surface area contributed by atoms with Crippen molar-refractivity contribution in [3.05, 3.63) is 0 Å². The highest BCUT2D eigenvalue weighted by atomic mass is 19.4. The molecule has 1 atom stereocenters. The number of hydrogen-bond donors (Lipinski definition) is 2. The van der Waals surface area contributed by atoms with Crippen LogP contribution in [0, 0.1) is 0 Å². The van der Waals surface area contributed by atoms with Gasteiger partial charge in [0.05, 0.1) is 12.6 Å². The Bertz CT molecular complexity index is 205. The summed E-state index contributed by atoms with van der Waals surface area (Å²) in [5.41, 5.74) is 5.20. The number of halogens is 3. The van der Waals surface area contributed by atoms with Crippen molar-refractivity contribution in [2.75, 3.05) is 13.1 Å². The molecule has 0 rings (SSSR count). The van der Waals surface area contributed by atoms with Crippen LogP contribution in [0.25, 0.3) is 0 Å². The number of hydrogen-bond acceptors (Lipinski definition) is 3. The van der Waals surface area contributed by atoms with Gasteiger partial charge in [-0.05, 0) is 13.5 Å². The number of alkyl halides is 3. The van der Waals surface area contributed by atoms with Gasteiger partial charge < -0.3 is 10.9 Å². The van der Waals surface area contributed by atoms with Crippen molar-refractivity contribution < 1.29 is 18.4 Å². The van der Waals surface area contributed by atoms with E-state index in [4.69, 9.17) is 10.9 Å². The zero-order valence-corrected chi connectivity index (χ0v) is 8.04. The van der Waals surface area contributed by atoms with E-state index >= 15 is 0 Å². The fourth-order valence-electron chi connectivity index (χ4n) is 1.02. The summed E-state index contributed by atoms with van der Waals surface area (Å²) in [7, 11) is 0. The van der Waals surface area contributed by atoms with Crippen LogP contribution in [0.4, 0.5) is 13.2 Å². The molecule has 0 radical (unpaired) electrons. The van der Waals surface area contributed by atoms with Crippen molar-refractivity contribution in [3.8, 4) is 0 Å². The first-order valence-electron chi connectivity index (χ1n) is 4.10. The average Bonchev–Trinajstić information content (AvgIpc) is 2.10. The Morgan fingerprint density at radius 2 is 2.07 bits per heavy atom. The fourth-order valence-corrected chi connectivity index (χ4v) is 1.02. The predicted molar refractivity (Wildman–Crippen MR) is 46.2 cm³/mol. The summed E-state index contributed by atoms with van der Waals surface area (Å²) in [6.45, 7) is 2.13. The molecule has 0 aromatic rings. The van der Waals surface area contributed by atoms with E-state index in [9.17, 15) is 13.2 Å². The van der Waals surface area contributed by atoms with Crippen molar-refractivity contribution in [2.45, 2.75) is 26.1 Å². The fraction of sp³-hybridized carbons (Fsp3) is 0.857. The van der Waals surface area contributed by atoms with Gasteiger partial charge in [-0.15, -0.1) is 0 Å². The van der Waals surface area contributed by atoms with Crippen molar-refractivity contribution in [1.29, 1.82) is 0 Å². The van der Waals surface area contributed by atoms with Crippen LogP contribution < -0.4 is 5.73 Å². The minimum atomic E-state index is -4.28. The summed E-state index contributed by atoms with van der Waals surface area (Å²) in [5, 5.41) is 11.0. The largest absolute Gasteiger partial charge is 0.409 e. The van der Waals surface area contributed by atoms with E-state index in [1.54, 1.807) is 6.92 Å². The van der Waals surface area contributed by atoms with Crippen LogP contribution in [-0.2, 0) is 0 Å². The highest BCUT2D eigenvalue weighted by molar-refractivity contribution is 5.84. The minimum absolute atomic E-state index is 0.177. The molecule has 4 nitrogen and oxygen atoms in total. The summed E-state index contributed by atoms with van der Waals surface area (Å²) in [4.78, 5) is 1.06. The van der Waals surface area contributed by atoms with Crippen LogP contribution in [0.15, 0.2) is 5.16 Å². The number of likely N-dealkylation sites (N-methyl/N-ethyl adjacent to an activating group) is 1. The molecule has 0 heterocycles. The summed E-state index contributed by atoms with van der Waals surface area (Å²) >= 11 is 0. The van der Waals surface area contributed by atoms with Crippen molar-refractivity contribution in [3.63, 3.8) is 0 Å². The third kappa shape index (κ3) is 4.31. The van der Waals surface area contributed by atoms with Gasteiger partial charge in [-0.2, -0.15) is 13.2 Å². The van der Waals surface area contributed by atoms with E-state index in [-0.39, 0.29) is 12.4 Å². The van der Waals surface area contributed by atoms with E-state index in [2.05, 4.69) is 5.16 Å². The van der Waals surface area contributed by atoms with Gasteiger partial charge in [0.2, 0.25) is 0 Å². The van der Waals surface area contributed by atoms with Crippen molar-refractivity contribution >= 4 is 5.84 Å². The molecule has 0 saturated carbocycles. The molecule has 0 aliphatic heterocycles. The van der Waals surface area contributed by atoms with Crippen LogP contribution >= 0.6 is 0 Å². The maximum absolute atomic E-state index is 12.0. The molecule has 0 aliphatic rings. The van der Waals surface area contributed by atoms with E-state index in [0.29, 0.717) is 0 Å². The maximum atomic E-state index is 12.0. The zero-order valence-electron chi connectivity index (χ0n) is 8.04. The highest BCUT2D eigenvalue weighted by Gasteiger charge is 2.32. The molecule has 1 unspecified atom stereocenters. The average molecular weight is 213 g/mol. The molecule has 0 aromatic carbocycles. The molecule has 0 fully saturated rings. The van der Waals surface area contributed by atoms with Crippen LogP contribution in [0.5, 0.6) is 0 Å². The lowest BCUT2D eigenvalue weighted by Gasteiger charge is -2.27. The van der Waals surface area contributed by atoms with Crippen LogP contribution in [0.3, 0.4) is 0 Å². The SMILES string of the molecule is CCN(CC(F)(F)F)C(C)C(N)=NO. The smallest absolute Gasteiger partial charge is 0.401 e. The molecule has 3 N–H and O–H groups in total. The number of amidine groups is 1. The van der Waals surface area contributed by atoms with Gasteiger partial charge in [0, 0.05) is 0 Å². The normalized spacial score (nSPS) is 16.0. The van der Waals surface area contributed by atoms with Gasteiger partial charge in [-0.25, -0.2) is 0 Å². The molecule has 0 bridgehead atoms. The second kappa shape index (κ2) is 5.04. The Labute approximate surface area is 80.2 Å². The van der Waals surface area contributed by atoms with E-state index in [1.165, 1.54) is 6.92 Å². The molecule has 0 amide bonds. The van der Waals surface area contributed by atoms with Crippen molar-refractivity contribution in [2.24, 2.45) is 10.9 Å². The zero-order chi connectivity index (χ0) is 11.4. The van der Waals surface area contributed by atoms with Gasteiger partial charge in [-0.3, -0.25) is 4.90 Å². The second-order valence-corrected chi connectivity index (χ2v) is 2.88. The first kappa shape index (κ1) is 13.0. The maximum Gasteiger partial charge on any atom is 0.401 e. The second-order valence-electron chi connectivity index (χ2n) is 2.88. The Hall–Kier alpha value is -0.980. The van der Waals surface area contributed by atoms with Crippen molar-refractivity contribution in [1.82, 2.24) is 4.90 Å². The summed E-state index contributed by atoms with van der Waals surface area (Å²) < 4.78 is 36.1. The summed E-state index contributed by atoms with van der Waals surface area (Å²) in [5.74, 6) is -0.226. The Morgan fingerprint density at radius 1 is 1.57 bits per heavy atom. The first-order valence-corrected chi connectivity index (χ1v) is 4.10. The van der Waals surface area contributed by atoms with Gasteiger partial charge in [0.15, 0.2) is 5.84 Å². The molecule has 84 valence electrons. The molecule has 0 spiro atoms. The Morgan fingerprint density at radius 3 is 2.36 bits per heavy atom. The predicted octanol–water partition coefficient (Wildman–Crippen LogP) is 1.01. The summed E-state index contributed by atoms with van der Waals surface area (Å²) in [6.07, 6.45) is -4.28. The molecule has 7 heteroatoms. The molecular formula is C7H14F3N3O. The van der Waals surface area contributed by atoms with Gasteiger partial charge in [-0.1, -0.05) is 12.1 Å². The topological polar surface area (TPSA) is 61.8 Å². The van der Waals surface area contributed by atoms with Crippen LogP contribution in [0.2, 0.25) is 0 Å². The third-order valence-corrected chi connectivity index (χ3v) is 1.88. The standard InChI is InChI=1S/C7H14F3N3O/c1-3-13(4-7(8,9)10)5(2)6(11)12-14/h5,14H,3-4H2,1-2H3,(H2,11,12). The quantitative estimate of drug-likeness (QED) is 0.317. The molecular weight excluding hydrogens is 199 g/mol. The Kier molecular flexibility index (Phi) is 4.69. The van der Waals surface area contributed by atoms with E-state index in [1.807, 2.05) is 0 Å². The lowest BCUT2D eigenvalue weighted by atomic mass is 10.2. The number of rotatable bonds is 4. The van der Waals surface area contributed by atoms with Gasteiger partial charge in [0.25, 0.3) is 0 Å². The number of nitrogens with two attached hydrogens (primary N) is 1. The minimum Gasteiger partial charge on any atom is -0.409 e. The van der Waals surface area contributed by atoms with Gasteiger partial charge >= 0.3 is 6.18 Å². The molecule has 14 heavy (non-hydrogen) atoms. The Balaban J connectivity index is 4.42. The third-order valence-electron chi connectivity index (χ3n) is 1.88. The van der Waals surface area contributed by atoms with Gasteiger partial charge in [0.1, 0.15) is 0 Å². The van der Waals surface area contributed by atoms with E-state index < -0.39 is 18.8 Å². The highest BCUT2D eigenvalue weighted by Crippen LogP contribution is 2.17. The number of oxime groups is 1.